The first kappa shape index (κ1) is 11.4. The molecule has 0 aliphatic heterocycles. The molecule has 0 aromatic carbocycles. The van der Waals surface area contributed by atoms with E-state index < -0.39 is 0 Å². The van der Waals surface area contributed by atoms with Crippen LogP contribution in [0.15, 0.2) is 0 Å². The minimum atomic E-state index is -0.350. The lowest BCUT2D eigenvalue weighted by Crippen LogP contribution is -2.43. The summed E-state index contributed by atoms with van der Waals surface area (Å²) in [6, 6.07) is 0.789. The fourth-order valence-electron chi connectivity index (χ4n) is 2.82. The number of rotatable bonds is 5. The zero-order chi connectivity index (χ0) is 10.9. The first-order valence-corrected chi connectivity index (χ1v) is 6.55. The van der Waals surface area contributed by atoms with Gasteiger partial charge in [-0.1, -0.05) is 26.7 Å². The van der Waals surface area contributed by atoms with Crippen molar-refractivity contribution in [3.8, 4) is 0 Å². The Labute approximate surface area is 93.7 Å². The van der Waals surface area contributed by atoms with Crippen molar-refractivity contribution in [1.29, 1.82) is 0 Å². The molecule has 0 saturated heterocycles. The molecule has 88 valence electrons. The Hall–Kier alpha value is -0.0800. The van der Waals surface area contributed by atoms with Crippen LogP contribution >= 0.6 is 0 Å². The number of hydrogen-bond acceptors (Lipinski definition) is 2. The third kappa shape index (κ3) is 3.18. The minimum absolute atomic E-state index is 0.350. The molecule has 2 rings (SSSR count). The molecule has 2 aliphatic carbocycles. The van der Waals surface area contributed by atoms with E-state index in [-0.39, 0.29) is 5.60 Å². The van der Waals surface area contributed by atoms with Crippen LogP contribution in [0.4, 0.5) is 0 Å². The van der Waals surface area contributed by atoms with Crippen molar-refractivity contribution in [2.45, 2.75) is 64.0 Å². The maximum absolute atomic E-state index is 10.4. The molecule has 2 nitrogen and oxygen atoms in total. The standard InChI is InChI=1S/C13H25NO/c1-11(2)9-14(12-5-6-12)10-13(15)7-3-4-8-13/h11-12,15H,3-10H2,1-2H3. The van der Waals surface area contributed by atoms with Gasteiger partial charge in [-0.2, -0.15) is 0 Å². The van der Waals surface area contributed by atoms with Crippen molar-refractivity contribution < 1.29 is 5.11 Å². The van der Waals surface area contributed by atoms with Gasteiger partial charge in [0.2, 0.25) is 0 Å². The Morgan fingerprint density at radius 1 is 1.27 bits per heavy atom. The van der Waals surface area contributed by atoms with Crippen molar-refractivity contribution in [2.75, 3.05) is 13.1 Å². The molecule has 0 unspecified atom stereocenters. The van der Waals surface area contributed by atoms with E-state index >= 15 is 0 Å². The summed E-state index contributed by atoms with van der Waals surface area (Å²) in [5.74, 6) is 0.718. The third-order valence-corrected chi connectivity index (χ3v) is 3.69. The summed E-state index contributed by atoms with van der Waals surface area (Å²) in [7, 11) is 0. The van der Waals surface area contributed by atoms with E-state index in [4.69, 9.17) is 0 Å². The third-order valence-electron chi connectivity index (χ3n) is 3.69. The summed E-state index contributed by atoms with van der Waals surface area (Å²) >= 11 is 0. The average molecular weight is 211 g/mol. The van der Waals surface area contributed by atoms with Crippen LogP contribution in [-0.4, -0.2) is 34.7 Å². The predicted octanol–water partition coefficient (Wildman–Crippen LogP) is 2.41. The van der Waals surface area contributed by atoms with Gasteiger partial charge < -0.3 is 5.11 Å². The summed E-state index contributed by atoms with van der Waals surface area (Å²) in [4.78, 5) is 2.54. The summed E-state index contributed by atoms with van der Waals surface area (Å²) in [6.07, 6.45) is 7.18. The van der Waals surface area contributed by atoms with Gasteiger partial charge in [-0.25, -0.2) is 0 Å². The Balaban J connectivity index is 1.87. The predicted molar refractivity (Wildman–Crippen MR) is 62.9 cm³/mol. The molecule has 0 amide bonds. The van der Waals surface area contributed by atoms with Gasteiger partial charge in [0.05, 0.1) is 5.60 Å². The molecule has 0 spiro atoms. The van der Waals surface area contributed by atoms with E-state index in [1.165, 1.54) is 25.7 Å². The maximum atomic E-state index is 10.4. The van der Waals surface area contributed by atoms with Crippen LogP contribution in [0.1, 0.15) is 52.4 Å². The lowest BCUT2D eigenvalue weighted by molar-refractivity contribution is 0.00381. The highest BCUT2D eigenvalue weighted by molar-refractivity contribution is 4.93. The molecule has 0 atom stereocenters. The van der Waals surface area contributed by atoms with E-state index in [1.54, 1.807) is 0 Å². The SMILES string of the molecule is CC(C)CN(CC1(O)CCCC1)C1CC1. The van der Waals surface area contributed by atoms with Gasteiger partial charge in [0.1, 0.15) is 0 Å². The molecule has 1 N–H and O–H groups in total. The van der Waals surface area contributed by atoms with Crippen LogP contribution in [0.25, 0.3) is 0 Å². The van der Waals surface area contributed by atoms with Crippen LogP contribution in [0.3, 0.4) is 0 Å². The highest BCUT2D eigenvalue weighted by Crippen LogP contribution is 2.34. The van der Waals surface area contributed by atoms with E-state index in [9.17, 15) is 5.11 Å². The summed E-state index contributed by atoms with van der Waals surface area (Å²) in [6.45, 7) is 6.63. The summed E-state index contributed by atoms with van der Waals surface area (Å²) in [5.41, 5.74) is -0.350. The number of aliphatic hydroxyl groups is 1. The van der Waals surface area contributed by atoms with E-state index in [1.807, 2.05) is 0 Å². The van der Waals surface area contributed by atoms with Crippen molar-refractivity contribution in [1.82, 2.24) is 4.90 Å². The van der Waals surface area contributed by atoms with Gasteiger partial charge >= 0.3 is 0 Å². The van der Waals surface area contributed by atoms with Crippen molar-refractivity contribution in [2.24, 2.45) is 5.92 Å². The average Bonchev–Trinajstić information content (AvgIpc) is 2.89. The topological polar surface area (TPSA) is 23.5 Å². The molecule has 2 heteroatoms. The molecular weight excluding hydrogens is 186 g/mol. The maximum Gasteiger partial charge on any atom is 0.0774 e. The van der Waals surface area contributed by atoms with Gasteiger partial charge in [-0.3, -0.25) is 4.90 Å². The molecule has 0 aromatic rings. The molecule has 0 aromatic heterocycles. The van der Waals surface area contributed by atoms with Crippen molar-refractivity contribution >= 4 is 0 Å². The van der Waals surface area contributed by atoms with E-state index in [0.717, 1.165) is 37.9 Å². The Bertz CT molecular complexity index is 205. The van der Waals surface area contributed by atoms with E-state index in [0.29, 0.717) is 0 Å². The smallest absolute Gasteiger partial charge is 0.0774 e. The van der Waals surface area contributed by atoms with Crippen LogP contribution < -0.4 is 0 Å². The monoisotopic (exact) mass is 211 g/mol. The first-order chi connectivity index (χ1) is 7.09. The second-order valence-electron chi connectivity index (χ2n) is 5.99. The largest absolute Gasteiger partial charge is 0.389 e. The van der Waals surface area contributed by atoms with Gasteiger partial charge in [-0.05, 0) is 31.6 Å². The Morgan fingerprint density at radius 3 is 2.33 bits per heavy atom. The van der Waals surface area contributed by atoms with Crippen LogP contribution in [0, 0.1) is 5.92 Å². The molecule has 2 saturated carbocycles. The van der Waals surface area contributed by atoms with Gasteiger partial charge in [0.25, 0.3) is 0 Å². The van der Waals surface area contributed by atoms with Crippen LogP contribution in [0.2, 0.25) is 0 Å². The summed E-state index contributed by atoms with van der Waals surface area (Å²) < 4.78 is 0. The highest BCUT2D eigenvalue weighted by Gasteiger charge is 2.38. The second-order valence-corrected chi connectivity index (χ2v) is 5.99. The molecule has 0 heterocycles. The van der Waals surface area contributed by atoms with Crippen molar-refractivity contribution in [3.63, 3.8) is 0 Å². The lowest BCUT2D eigenvalue weighted by Gasteiger charge is -2.32. The zero-order valence-electron chi connectivity index (χ0n) is 10.2. The Morgan fingerprint density at radius 2 is 1.87 bits per heavy atom. The second kappa shape index (κ2) is 4.42. The molecule has 0 radical (unpaired) electrons. The lowest BCUT2D eigenvalue weighted by atomic mass is 10.0. The fraction of sp³-hybridized carbons (Fsp3) is 1.00. The normalized spacial score (nSPS) is 25.4. The molecule has 2 aliphatic rings. The molecule has 2 fully saturated rings. The minimum Gasteiger partial charge on any atom is -0.389 e. The number of nitrogens with zero attached hydrogens (tertiary/aromatic N) is 1. The molecule has 15 heavy (non-hydrogen) atoms. The van der Waals surface area contributed by atoms with Crippen LogP contribution in [-0.2, 0) is 0 Å². The molecule has 0 bridgehead atoms. The first-order valence-electron chi connectivity index (χ1n) is 6.55. The van der Waals surface area contributed by atoms with E-state index in [2.05, 4.69) is 18.7 Å². The molecular formula is C13H25NO. The van der Waals surface area contributed by atoms with Crippen molar-refractivity contribution in [3.05, 3.63) is 0 Å². The Kier molecular flexibility index (Phi) is 3.36. The van der Waals surface area contributed by atoms with Gasteiger partial charge in [-0.15, -0.1) is 0 Å². The number of hydrogen-bond donors (Lipinski definition) is 1. The summed E-state index contributed by atoms with van der Waals surface area (Å²) in [5, 5.41) is 10.4. The van der Waals surface area contributed by atoms with Gasteiger partial charge in [0, 0.05) is 19.1 Å². The van der Waals surface area contributed by atoms with Crippen LogP contribution in [0.5, 0.6) is 0 Å². The quantitative estimate of drug-likeness (QED) is 0.755. The zero-order valence-corrected chi connectivity index (χ0v) is 10.2. The highest BCUT2D eigenvalue weighted by atomic mass is 16.3. The van der Waals surface area contributed by atoms with Gasteiger partial charge in [0.15, 0.2) is 0 Å². The fourth-order valence-corrected chi connectivity index (χ4v) is 2.82.